The molecule has 6 nitrogen and oxygen atoms in total. The summed E-state index contributed by atoms with van der Waals surface area (Å²) in [6.45, 7) is 6.99. The predicted molar refractivity (Wildman–Crippen MR) is 102 cm³/mol. The van der Waals surface area contributed by atoms with Gasteiger partial charge in [-0.1, -0.05) is 22.0 Å². The van der Waals surface area contributed by atoms with Crippen LogP contribution in [0.3, 0.4) is 0 Å². The maximum Gasteiger partial charge on any atom is 0.410 e. The lowest BCUT2D eigenvalue weighted by molar-refractivity contribution is 0.0235. The van der Waals surface area contributed by atoms with E-state index < -0.39 is 5.60 Å². The minimum absolute atomic E-state index is 0.0941. The van der Waals surface area contributed by atoms with Gasteiger partial charge in [-0.15, -0.1) is 0 Å². The molecule has 2 aromatic rings. The van der Waals surface area contributed by atoms with E-state index in [2.05, 4.69) is 31.2 Å². The molecule has 1 N–H and O–H groups in total. The molecule has 1 aliphatic heterocycles. The normalized spacial score (nSPS) is 17.8. The van der Waals surface area contributed by atoms with Gasteiger partial charge in [0.05, 0.1) is 11.6 Å². The van der Waals surface area contributed by atoms with Crippen LogP contribution in [-0.4, -0.2) is 45.7 Å². The van der Waals surface area contributed by atoms with Gasteiger partial charge in [0.25, 0.3) is 0 Å². The van der Waals surface area contributed by atoms with E-state index in [1.807, 2.05) is 39.0 Å². The molecular formula is C18H23BrN4O2. The molecular weight excluding hydrogens is 384 g/mol. The number of halogens is 1. The Morgan fingerprint density at radius 3 is 3.00 bits per heavy atom. The largest absolute Gasteiger partial charge is 0.444 e. The Bertz CT molecular complexity index is 775. The lowest BCUT2D eigenvalue weighted by Crippen LogP contribution is -2.42. The highest BCUT2D eigenvalue weighted by Crippen LogP contribution is 2.22. The summed E-state index contributed by atoms with van der Waals surface area (Å²) in [5.41, 5.74) is 0.397. The molecule has 0 aliphatic carbocycles. The number of fused-ring (bicyclic) bond motifs is 1. The first kappa shape index (κ1) is 17.9. The van der Waals surface area contributed by atoms with Crippen molar-refractivity contribution < 1.29 is 9.53 Å². The van der Waals surface area contributed by atoms with Crippen LogP contribution in [0.2, 0.25) is 0 Å². The Labute approximate surface area is 156 Å². The zero-order valence-electron chi connectivity index (χ0n) is 14.8. The molecule has 2 heterocycles. The maximum absolute atomic E-state index is 12.3. The second kappa shape index (κ2) is 7.15. The van der Waals surface area contributed by atoms with Crippen molar-refractivity contribution in [3.8, 4) is 0 Å². The second-order valence-corrected chi connectivity index (χ2v) is 8.16. The molecule has 1 fully saturated rings. The molecule has 0 spiro atoms. The van der Waals surface area contributed by atoms with Crippen LogP contribution in [0.25, 0.3) is 10.9 Å². The summed E-state index contributed by atoms with van der Waals surface area (Å²) < 4.78 is 6.48. The Balaban J connectivity index is 1.65. The number of hydrogen-bond acceptors (Lipinski definition) is 5. The highest BCUT2D eigenvalue weighted by molar-refractivity contribution is 9.10. The summed E-state index contributed by atoms with van der Waals surface area (Å²) in [5, 5.41) is 4.25. The van der Waals surface area contributed by atoms with E-state index >= 15 is 0 Å². The van der Waals surface area contributed by atoms with Gasteiger partial charge in [-0.3, -0.25) is 0 Å². The van der Waals surface area contributed by atoms with Crippen molar-refractivity contribution in [1.82, 2.24) is 14.9 Å². The third kappa shape index (κ3) is 4.60. The van der Waals surface area contributed by atoms with Crippen LogP contribution < -0.4 is 5.32 Å². The van der Waals surface area contributed by atoms with Crippen LogP contribution in [0.5, 0.6) is 0 Å². The molecule has 0 radical (unpaired) electrons. The number of nitrogens with one attached hydrogen (secondary N) is 1. The van der Waals surface area contributed by atoms with E-state index in [0.29, 0.717) is 12.5 Å². The zero-order chi connectivity index (χ0) is 18.0. The Morgan fingerprint density at radius 2 is 2.24 bits per heavy atom. The summed E-state index contributed by atoms with van der Waals surface area (Å²) in [5.74, 6) is 0.571. The molecule has 1 saturated heterocycles. The van der Waals surface area contributed by atoms with Crippen molar-refractivity contribution in [2.24, 2.45) is 0 Å². The van der Waals surface area contributed by atoms with Gasteiger partial charge in [0.2, 0.25) is 5.95 Å². The summed E-state index contributed by atoms with van der Waals surface area (Å²) in [7, 11) is 0. The van der Waals surface area contributed by atoms with Gasteiger partial charge in [-0.05, 0) is 45.7 Å². The molecule has 0 saturated carbocycles. The third-order valence-electron chi connectivity index (χ3n) is 4.05. The van der Waals surface area contributed by atoms with E-state index in [9.17, 15) is 4.79 Å². The van der Waals surface area contributed by atoms with E-state index in [-0.39, 0.29) is 12.1 Å². The average Bonchev–Trinajstić information content (AvgIpc) is 2.99. The van der Waals surface area contributed by atoms with Gasteiger partial charge in [-0.2, -0.15) is 0 Å². The molecule has 3 rings (SSSR count). The van der Waals surface area contributed by atoms with Crippen molar-refractivity contribution >= 4 is 38.9 Å². The van der Waals surface area contributed by atoms with Gasteiger partial charge in [0.15, 0.2) is 0 Å². The van der Waals surface area contributed by atoms with Crippen LogP contribution in [0, 0.1) is 0 Å². The monoisotopic (exact) mass is 406 g/mol. The summed E-state index contributed by atoms with van der Waals surface area (Å²) in [4.78, 5) is 23.0. The van der Waals surface area contributed by atoms with Crippen molar-refractivity contribution in [1.29, 1.82) is 0 Å². The van der Waals surface area contributed by atoms with Crippen LogP contribution in [0.4, 0.5) is 10.7 Å². The van der Waals surface area contributed by atoms with Crippen molar-refractivity contribution in [3.63, 3.8) is 0 Å². The molecule has 0 bridgehead atoms. The SMILES string of the molecule is CC(C)(C)OC(=O)N1CCC[C@@H]1CNc1ncc2ccc(Br)cc2n1. The summed E-state index contributed by atoms with van der Waals surface area (Å²) >= 11 is 3.46. The molecule has 134 valence electrons. The number of amides is 1. The number of hydrogen-bond donors (Lipinski definition) is 1. The van der Waals surface area contributed by atoms with Gasteiger partial charge in [0, 0.05) is 29.1 Å². The zero-order valence-corrected chi connectivity index (χ0v) is 16.3. The molecule has 1 aliphatic rings. The van der Waals surface area contributed by atoms with Gasteiger partial charge < -0.3 is 15.0 Å². The predicted octanol–water partition coefficient (Wildman–Crippen LogP) is 4.20. The third-order valence-corrected chi connectivity index (χ3v) is 4.54. The van der Waals surface area contributed by atoms with E-state index in [1.54, 1.807) is 11.1 Å². The number of rotatable bonds is 3. The number of ether oxygens (including phenoxy) is 1. The highest BCUT2D eigenvalue weighted by Gasteiger charge is 2.32. The first-order chi connectivity index (χ1) is 11.8. The summed E-state index contributed by atoms with van der Waals surface area (Å²) in [6.07, 6.45) is 3.49. The fourth-order valence-corrected chi connectivity index (χ4v) is 3.25. The molecule has 1 aromatic carbocycles. The number of anilines is 1. The molecule has 1 aromatic heterocycles. The van der Waals surface area contributed by atoms with Crippen LogP contribution in [0.1, 0.15) is 33.6 Å². The first-order valence-electron chi connectivity index (χ1n) is 8.48. The Hall–Kier alpha value is -1.89. The lowest BCUT2D eigenvalue weighted by atomic mass is 10.2. The number of nitrogens with zero attached hydrogens (tertiary/aromatic N) is 3. The van der Waals surface area contributed by atoms with E-state index in [4.69, 9.17) is 4.74 Å². The molecule has 1 atom stereocenters. The number of aromatic nitrogens is 2. The quantitative estimate of drug-likeness (QED) is 0.826. The average molecular weight is 407 g/mol. The van der Waals surface area contributed by atoms with Gasteiger partial charge >= 0.3 is 6.09 Å². The molecule has 7 heteroatoms. The van der Waals surface area contributed by atoms with Crippen LogP contribution >= 0.6 is 15.9 Å². The minimum Gasteiger partial charge on any atom is -0.444 e. The molecule has 0 unspecified atom stereocenters. The maximum atomic E-state index is 12.3. The van der Waals surface area contributed by atoms with E-state index in [1.165, 1.54) is 0 Å². The smallest absolute Gasteiger partial charge is 0.410 e. The Kier molecular flexibility index (Phi) is 5.13. The molecule has 25 heavy (non-hydrogen) atoms. The van der Waals surface area contributed by atoms with Crippen molar-refractivity contribution in [3.05, 3.63) is 28.9 Å². The Morgan fingerprint density at radius 1 is 1.44 bits per heavy atom. The number of likely N-dealkylation sites (tertiary alicyclic amines) is 1. The lowest BCUT2D eigenvalue weighted by Gasteiger charge is -2.28. The standard InChI is InChI=1S/C18H23BrN4O2/c1-18(2,3)25-17(24)23-8-4-5-14(23)11-21-16-20-10-12-6-7-13(19)9-15(12)22-16/h6-7,9-10,14H,4-5,8,11H2,1-3H3,(H,20,21,22)/t14-/m1/s1. The summed E-state index contributed by atoms with van der Waals surface area (Å²) in [6, 6.07) is 6.00. The highest BCUT2D eigenvalue weighted by atomic mass is 79.9. The number of carbonyl (C=O) groups excluding carboxylic acids is 1. The first-order valence-corrected chi connectivity index (χ1v) is 9.27. The van der Waals surface area contributed by atoms with Gasteiger partial charge in [-0.25, -0.2) is 14.8 Å². The second-order valence-electron chi connectivity index (χ2n) is 7.25. The van der Waals surface area contributed by atoms with Crippen LogP contribution in [-0.2, 0) is 4.74 Å². The number of carbonyl (C=O) groups is 1. The number of benzene rings is 1. The van der Waals surface area contributed by atoms with Gasteiger partial charge in [0.1, 0.15) is 5.60 Å². The van der Waals surface area contributed by atoms with E-state index in [0.717, 1.165) is 34.8 Å². The van der Waals surface area contributed by atoms with Crippen molar-refractivity contribution in [2.75, 3.05) is 18.4 Å². The fraction of sp³-hybridized carbons (Fsp3) is 0.500. The van der Waals surface area contributed by atoms with Crippen LogP contribution in [0.15, 0.2) is 28.9 Å². The molecule has 1 amide bonds. The topological polar surface area (TPSA) is 67.3 Å². The van der Waals surface area contributed by atoms with Crippen molar-refractivity contribution in [2.45, 2.75) is 45.3 Å². The fourth-order valence-electron chi connectivity index (χ4n) is 2.90. The minimum atomic E-state index is -0.480.